The van der Waals surface area contributed by atoms with Crippen LogP contribution in [0.4, 0.5) is 0 Å². The van der Waals surface area contributed by atoms with E-state index in [-0.39, 0.29) is 12.6 Å². The van der Waals surface area contributed by atoms with E-state index in [9.17, 15) is 4.79 Å². The van der Waals surface area contributed by atoms with Crippen molar-refractivity contribution in [1.29, 1.82) is 0 Å². The minimum atomic E-state index is -0.220. The number of hydrogen-bond donors (Lipinski definition) is 1. The van der Waals surface area contributed by atoms with Gasteiger partial charge in [-0.05, 0) is 47.2 Å². The summed E-state index contributed by atoms with van der Waals surface area (Å²) in [6.07, 6.45) is 6.17. The number of fused-ring (bicyclic) bond motifs is 1. The average Bonchev–Trinajstić information content (AvgIpc) is 3.06. The first-order valence-corrected chi connectivity index (χ1v) is 7.44. The number of carbonyl (C=O) groups excluding carboxylic acids is 1. The summed E-state index contributed by atoms with van der Waals surface area (Å²) >= 11 is 0. The van der Waals surface area contributed by atoms with Crippen LogP contribution in [0.25, 0.3) is 10.9 Å². The summed E-state index contributed by atoms with van der Waals surface area (Å²) < 4.78 is 10.4. The second-order valence-corrected chi connectivity index (χ2v) is 5.29. The van der Waals surface area contributed by atoms with Crippen LogP contribution in [0.15, 0.2) is 48.9 Å². The van der Waals surface area contributed by atoms with E-state index >= 15 is 0 Å². The Hall–Kier alpha value is -2.82. The van der Waals surface area contributed by atoms with Gasteiger partial charge in [0.1, 0.15) is 12.4 Å². The van der Waals surface area contributed by atoms with E-state index in [4.69, 9.17) is 9.47 Å². The molecule has 3 rings (SSSR count). The highest BCUT2D eigenvalue weighted by atomic mass is 16.5. The van der Waals surface area contributed by atoms with E-state index in [2.05, 4.69) is 9.97 Å². The van der Waals surface area contributed by atoms with Gasteiger partial charge in [-0.2, -0.15) is 0 Å². The van der Waals surface area contributed by atoms with Crippen molar-refractivity contribution in [3.05, 3.63) is 60.0 Å². The lowest BCUT2D eigenvalue weighted by Crippen LogP contribution is -2.06. The van der Waals surface area contributed by atoms with Crippen LogP contribution in [0, 0.1) is 0 Å². The average molecular weight is 310 g/mol. The van der Waals surface area contributed by atoms with Gasteiger partial charge >= 0.3 is 5.97 Å². The van der Waals surface area contributed by atoms with Gasteiger partial charge in [-0.15, -0.1) is 0 Å². The Kier molecular flexibility index (Phi) is 4.57. The molecule has 23 heavy (non-hydrogen) atoms. The molecule has 2 aromatic heterocycles. The predicted molar refractivity (Wildman–Crippen MR) is 87.2 cm³/mol. The number of carbonyl (C=O) groups is 1. The first-order valence-electron chi connectivity index (χ1n) is 7.44. The number of ether oxygens (including phenoxy) is 2. The summed E-state index contributed by atoms with van der Waals surface area (Å²) in [7, 11) is 1.59. The Morgan fingerprint density at radius 3 is 2.96 bits per heavy atom. The maximum atomic E-state index is 11.9. The molecule has 0 saturated carbocycles. The molecule has 0 amide bonds. The summed E-state index contributed by atoms with van der Waals surface area (Å²) in [5.41, 5.74) is 3.01. The minimum Gasteiger partial charge on any atom is -0.495 e. The van der Waals surface area contributed by atoms with Crippen LogP contribution in [0.5, 0.6) is 5.75 Å². The highest BCUT2D eigenvalue weighted by molar-refractivity contribution is 5.80. The maximum Gasteiger partial charge on any atom is 0.306 e. The third-order valence-electron chi connectivity index (χ3n) is 3.64. The molecule has 5 nitrogen and oxygen atoms in total. The highest BCUT2D eigenvalue weighted by Crippen LogP contribution is 2.16. The smallest absolute Gasteiger partial charge is 0.306 e. The molecule has 1 aromatic carbocycles. The van der Waals surface area contributed by atoms with Crippen molar-refractivity contribution in [3.8, 4) is 5.75 Å². The monoisotopic (exact) mass is 310 g/mol. The van der Waals surface area contributed by atoms with E-state index in [1.165, 1.54) is 0 Å². The SMILES string of the molecule is COc1cncc(CCC(=O)OCc2ccc3[nH]ccc3c2)c1. The molecular weight excluding hydrogens is 292 g/mol. The summed E-state index contributed by atoms with van der Waals surface area (Å²) in [5, 5.41) is 1.11. The first-order chi connectivity index (χ1) is 11.2. The Morgan fingerprint density at radius 2 is 2.09 bits per heavy atom. The number of methoxy groups -OCH3 is 1. The molecule has 0 aliphatic heterocycles. The molecule has 0 aliphatic rings. The van der Waals surface area contributed by atoms with Gasteiger partial charge in [0.15, 0.2) is 0 Å². The first kappa shape index (κ1) is 15.1. The van der Waals surface area contributed by atoms with Gasteiger partial charge in [-0.1, -0.05) is 6.07 Å². The molecular formula is C18H18N2O3. The number of rotatable bonds is 6. The number of aryl methyl sites for hydroxylation is 1. The lowest BCUT2D eigenvalue weighted by molar-refractivity contribution is -0.144. The van der Waals surface area contributed by atoms with Crippen molar-refractivity contribution < 1.29 is 14.3 Å². The highest BCUT2D eigenvalue weighted by Gasteiger charge is 2.06. The number of esters is 1. The fourth-order valence-corrected chi connectivity index (χ4v) is 2.39. The lowest BCUT2D eigenvalue weighted by atomic mass is 10.1. The number of nitrogens with one attached hydrogen (secondary N) is 1. The van der Waals surface area contributed by atoms with E-state index in [1.807, 2.05) is 36.5 Å². The number of H-pyrrole nitrogens is 1. The maximum absolute atomic E-state index is 11.9. The van der Waals surface area contributed by atoms with Gasteiger partial charge in [-0.3, -0.25) is 9.78 Å². The summed E-state index contributed by atoms with van der Waals surface area (Å²) in [6, 6.07) is 9.83. The third kappa shape index (κ3) is 3.88. The number of aromatic amines is 1. The lowest BCUT2D eigenvalue weighted by Gasteiger charge is -2.06. The molecule has 118 valence electrons. The normalized spacial score (nSPS) is 10.7. The largest absolute Gasteiger partial charge is 0.495 e. The molecule has 0 atom stereocenters. The number of hydrogen-bond acceptors (Lipinski definition) is 4. The number of nitrogens with zero attached hydrogens (tertiary/aromatic N) is 1. The Labute approximate surface area is 134 Å². The quantitative estimate of drug-likeness (QED) is 0.710. The van der Waals surface area contributed by atoms with E-state index < -0.39 is 0 Å². The van der Waals surface area contributed by atoms with Crippen LogP contribution >= 0.6 is 0 Å². The Bertz CT molecular complexity index is 811. The van der Waals surface area contributed by atoms with Gasteiger partial charge in [0.05, 0.1) is 13.3 Å². The Balaban J connectivity index is 1.50. The zero-order chi connectivity index (χ0) is 16.1. The van der Waals surface area contributed by atoms with Crippen molar-refractivity contribution in [3.63, 3.8) is 0 Å². The molecule has 0 radical (unpaired) electrons. The van der Waals surface area contributed by atoms with Crippen molar-refractivity contribution >= 4 is 16.9 Å². The van der Waals surface area contributed by atoms with Crippen LogP contribution in [0.1, 0.15) is 17.5 Å². The molecule has 5 heteroatoms. The van der Waals surface area contributed by atoms with E-state index in [0.717, 1.165) is 22.0 Å². The van der Waals surface area contributed by atoms with Crippen LogP contribution in [-0.4, -0.2) is 23.0 Å². The van der Waals surface area contributed by atoms with Crippen molar-refractivity contribution in [2.45, 2.75) is 19.4 Å². The molecule has 2 heterocycles. The number of aromatic nitrogens is 2. The van der Waals surface area contributed by atoms with Crippen LogP contribution in [-0.2, 0) is 22.6 Å². The van der Waals surface area contributed by atoms with Gasteiger partial charge < -0.3 is 14.5 Å². The van der Waals surface area contributed by atoms with Crippen LogP contribution in [0.2, 0.25) is 0 Å². The van der Waals surface area contributed by atoms with E-state index in [0.29, 0.717) is 18.6 Å². The zero-order valence-corrected chi connectivity index (χ0v) is 12.9. The number of benzene rings is 1. The second kappa shape index (κ2) is 6.96. The Morgan fingerprint density at radius 1 is 1.17 bits per heavy atom. The summed E-state index contributed by atoms with van der Waals surface area (Å²) in [4.78, 5) is 19.1. The predicted octanol–water partition coefficient (Wildman–Crippen LogP) is 3.25. The molecule has 0 unspecified atom stereocenters. The van der Waals surface area contributed by atoms with Gasteiger partial charge in [0.2, 0.25) is 0 Å². The second-order valence-electron chi connectivity index (χ2n) is 5.29. The zero-order valence-electron chi connectivity index (χ0n) is 12.9. The molecule has 0 spiro atoms. The molecule has 0 bridgehead atoms. The van der Waals surface area contributed by atoms with Crippen LogP contribution < -0.4 is 4.74 Å². The fraction of sp³-hybridized carbons (Fsp3) is 0.222. The minimum absolute atomic E-state index is 0.220. The van der Waals surface area contributed by atoms with Crippen molar-refractivity contribution in [1.82, 2.24) is 9.97 Å². The van der Waals surface area contributed by atoms with Crippen molar-refractivity contribution in [2.24, 2.45) is 0 Å². The molecule has 0 fully saturated rings. The van der Waals surface area contributed by atoms with Gasteiger partial charge in [0.25, 0.3) is 0 Å². The fourth-order valence-electron chi connectivity index (χ4n) is 2.39. The topological polar surface area (TPSA) is 64.2 Å². The molecule has 3 aromatic rings. The third-order valence-corrected chi connectivity index (χ3v) is 3.64. The molecule has 0 aliphatic carbocycles. The molecule has 1 N–H and O–H groups in total. The summed E-state index contributed by atoms with van der Waals surface area (Å²) in [6.45, 7) is 0.288. The standard InChI is InChI=1S/C18H18N2O3/c1-22-16-9-13(10-19-11-16)3-5-18(21)23-12-14-2-4-17-15(8-14)6-7-20-17/h2,4,6-11,20H,3,5,12H2,1H3. The van der Waals surface area contributed by atoms with E-state index in [1.54, 1.807) is 19.5 Å². The van der Waals surface area contributed by atoms with Gasteiger partial charge in [0, 0.05) is 24.3 Å². The van der Waals surface area contributed by atoms with Gasteiger partial charge in [-0.25, -0.2) is 0 Å². The van der Waals surface area contributed by atoms with Crippen molar-refractivity contribution in [2.75, 3.05) is 7.11 Å². The van der Waals surface area contributed by atoms with Crippen LogP contribution in [0.3, 0.4) is 0 Å². The number of pyridine rings is 1. The molecule has 0 saturated heterocycles. The summed E-state index contributed by atoms with van der Waals surface area (Å²) in [5.74, 6) is 0.470.